The molecule has 0 aliphatic carbocycles. The molecule has 2 aliphatic rings. The molecule has 0 bridgehead atoms. The van der Waals surface area contributed by atoms with Crippen LogP contribution in [0.15, 0.2) is 24.3 Å². The third-order valence-corrected chi connectivity index (χ3v) is 7.76. The lowest BCUT2D eigenvalue weighted by atomic mass is 9.98. The van der Waals surface area contributed by atoms with E-state index in [1.807, 2.05) is 11.8 Å². The van der Waals surface area contributed by atoms with Crippen molar-refractivity contribution in [2.45, 2.75) is 17.7 Å². The van der Waals surface area contributed by atoms with Crippen LogP contribution >= 0.6 is 24.0 Å². The van der Waals surface area contributed by atoms with Crippen molar-refractivity contribution in [1.82, 2.24) is 0 Å². The topological polar surface area (TPSA) is 80.5 Å². The van der Waals surface area contributed by atoms with E-state index in [0.717, 1.165) is 0 Å². The fourth-order valence-corrected chi connectivity index (χ4v) is 7.81. The lowest BCUT2D eigenvalue weighted by Gasteiger charge is -2.34. The predicted molar refractivity (Wildman–Crippen MR) is 86.6 cm³/mol. The molecule has 9 heteroatoms. The lowest BCUT2D eigenvalue weighted by Crippen LogP contribution is -2.49. The summed E-state index contributed by atoms with van der Waals surface area (Å²) in [4.78, 5) is 12.1. The number of hydrogen-bond acceptors (Lipinski definition) is 6. The number of nitro benzene ring substituents is 1. The smallest absolute Gasteiger partial charge is 0.269 e. The number of anilines is 1. The van der Waals surface area contributed by atoms with Crippen molar-refractivity contribution >= 4 is 49.5 Å². The molecule has 2 unspecified atom stereocenters. The van der Waals surface area contributed by atoms with Crippen LogP contribution in [0.25, 0.3) is 0 Å². The Morgan fingerprint density at radius 3 is 2.62 bits per heavy atom. The Bertz CT molecular complexity index is 731. The molecule has 0 aromatic heterocycles. The standard InChI is InChI=1S/C12H12N2O4S3/c1-12-7-21(17,18)6-10(12)20-11(19)13(12)8-2-4-9(5-3-8)14(15)16/h2-5,10H,6-7H2,1H3. The van der Waals surface area contributed by atoms with E-state index in [4.69, 9.17) is 12.2 Å². The second-order valence-electron chi connectivity index (χ2n) is 5.39. The monoisotopic (exact) mass is 344 g/mol. The zero-order valence-corrected chi connectivity index (χ0v) is 13.5. The molecule has 2 atom stereocenters. The number of nitro groups is 1. The predicted octanol–water partition coefficient (Wildman–Crippen LogP) is 1.99. The van der Waals surface area contributed by atoms with Gasteiger partial charge in [-0.25, -0.2) is 8.42 Å². The van der Waals surface area contributed by atoms with Crippen molar-refractivity contribution in [3.63, 3.8) is 0 Å². The van der Waals surface area contributed by atoms with Gasteiger partial charge in [-0.1, -0.05) is 24.0 Å². The lowest BCUT2D eigenvalue weighted by molar-refractivity contribution is -0.384. The molecule has 1 aromatic rings. The van der Waals surface area contributed by atoms with E-state index in [2.05, 4.69) is 0 Å². The number of thioether (sulfide) groups is 1. The van der Waals surface area contributed by atoms with Gasteiger partial charge in [0.25, 0.3) is 5.69 Å². The van der Waals surface area contributed by atoms with Gasteiger partial charge in [0.1, 0.15) is 4.32 Å². The zero-order chi connectivity index (χ0) is 15.4. The summed E-state index contributed by atoms with van der Waals surface area (Å²) < 4.78 is 24.4. The first-order valence-corrected chi connectivity index (χ1v) is 9.30. The van der Waals surface area contributed by atoms with E-state index in [1.54, 1.807) is 12.1 Å². The minimum Gasteiger partial charge on any atom is -0.319 e. The fraction of sp³-hybridized carbons (Fsp3) is 0.417. The van der Waals surface area contributed by atoms with Crippen molar-refractivity contribution < 1.29 is 13.3 Å². The zero-order valence-electron chi connectivity index (χ0n) is 11.1. The van der Waals surface area contributed by atoms with Gasteiger partial charge in [0.05, 0.1) is 27.2 Å². The Balaban J connectivity index is 2.01. The molecule has 6 nitrogen and oxygen atoms in total. The third-order valence-electron chi connectivity index (χ3n) is 3.87. The van der Waals surface area contributed by atoms with Crippen LogP contribution in [-0.2, 0) is 9.84 Å². The van der Waals surface area contributed by atoms with E-state index >= 15 is 0 Å². The highest BCUT2D eigenvalue weighted by Gasteiger charge is 2.57. The van der Waals surface area contributed by atoms with Gasteiger partial charge in [-0.3, -0.25) is 10.1 Å². The Hall–Kier alpha value is -1.19. The maximum absolute atomic E-state index is 11.9. The van der Waals surface area contributed by atoms with Gasteiger partial charge in [0.15, 0.2) is 9.84 Å². The summed E-state index contributed by atoms with van der Waals surface area (Å²) in [5.41, 5.74) is 0.106. The molecule has 2 fully saturated rings. The van der Waals surface area contributed by atoms with E-state index in [9.17, 15) is 18.5 Å². The highest BCUT2D eigenvalue weighted by Crippen LogP contribution is 2.48. The molecule has 0 amide bonds. The SMILES string of the molecule is CC12CS(=O)(=O)CC1SC(=S)N2c1ccc([N+](=O)[O-])cc1. The van der Waals surface area contributed by atoms with Crippen LogP contribution in [0, 0.1) is 10.1 Å². The van der Waals surface area contributed by atoms with E-state index < -0.39 is 20.3 Å². The highest BCUT2D eigenvalue weighted by atomic mass is 32.2. The quantitative estimate of drug-likeness (QED) is 0.461. The summed E-state index contributed by atoms with van der Waals surface area (Å²) in [5.74, 6) is 0.173. The molecule has 2 aliphatic heterocycles. The molecular formula is C12H12N2O4S3. The maximum atomic E-state index is 11.9. The Kier molecular flexibility index (Phi) is 3.26. The first-order chi connectivity index (χ1) is 9.73. The van der Waals surface area contributed by atoms with Crippen LogP contribution in [0.5, 0.6) is 0 Å². The first kappa shape index (κ1) is 14.7. The van der Waals surface area contributed by atoms with Crippen molar-refractivity contribution in [3.05, 3.63) is 34.4 Å². The first-order valence-electron chi connectivity index (χ1n) is 6.19. The Labute approximate surface area is 131 Å². The Morgan fingerprint density at radius 2 is 2.05 bits per heavy atom. The van der Waals surface area contributed by atoms with Crippen LogP contribution in [0.2, 0.25) is 0 Å². The van der Waals surface area contributed by atoms with E-state index in [0.29, 0.717) is 10.0 Å². The Morgan fingerprint density at radius 1 is 1.43 bits per heavy atom. The van der Waals surface area contributed by atoms with Crippen LogP contribution < -0.4 is 4.90 Å². The summed E-state index contributed by atoms with van der Waals surface area (Å²) in [7, 11) is -3.08. The summed E-state index contributed by atoms with van der Waals surface area (Å²) in [5, 5.41) is 10.6. The molecule has 2 saturated heterocycles. The summed E-state index contributed by atoms with van der Waals surface area (Å²) >= 11 is 6.76. The molecule has 0 radical (unpaired) electrons. The van der Waals surface area contributed by atoms with Crippen LogP contribution in [0.4, 0.5) is 11.4 Å². The van der Waals surface area contributed by atoms with Gasteiger partial charge in [-0.2, -0.15) is 0 Å². The van der Waals surface area contributed by atoms with Gasteiger partial charge in [-0.05, 0) is 19.1 Å². The van der Waals surface area contributed by atoms with Crippen LogP contribution in [0.3, 0.4) is 0 Å². The molecule has 1 aromatic carbocycles. The van der Waals surface area contributed by atoms with Crippen molar-refractivity contribution in [1.29, 1.82) is 0 Å². The average Bonchev–Trinajstić information content (AvgIpc) is 2.72. The third kappa shape index (κ3) is 2.33. The minimum absolute atomic E-state index is 0.00253. The number of thiocarbonyl (C=S) groups is 1. The average molecular weight is 344 g/mol. The number of hydrogen-bond donors (Lipinski definition) is 0. The number of sulfone groups is 1. The van der Waals surface area contributed by atoms with Crippen LogP contribution in [0.1, 0.15) is 6.92 Å². The van der Waals surface area contributed by atoms with Gasteiger partial charge >= 0.3 is 0 Å². The number of nitrogens with zero attached hydrogens (tertiary/aromatic N) is 2. The second kappa shape index (κ2) is 4.65. The highest BCUT2D eigenvalue weighted by molar-refractivity contribution is 8.24. The molecule has 21 heavy (non-hydrogen) atoms. The summed E-state index contributed by atoms with van der Waals surface area (Å²) in [6.45, 7) is 1.88. The van der Waals surface area contributed by atoms with E-state index in [1.165, 1.54) is 23.9 Å². The van der Waals surface area contributed by atoms with E-state index in [-0.39, 0.29) is 22.4 Å². The summed E-state index contributed by atoms with van der Waals surface area (Å²) in [6, 6.07) is 6.04. The van der Waals surface area contributed by atoms with Crippen molar-refractivity contribution in [2.75, 3.05) is 16.4 Å². The fourth-order valence-electron chi connectivity index (χ4n) is 2.88. The molecule has 0 N–H and O–H groups in total. The maximum Gasteiger partial charge on any atom is 0.269 e. The normalized spacial score (nSPS) is 30.4. The van der Waals surface area contributed by atoms with Gasteiger partial charge in [0, 0.05) is 17.8 Å². The summed E-state index contributed by atoms with van der Waals surface area (Å²) in [6.07, 6.45) is 0. The second-order valence-corrected chi connectivity index (χ2v) is 9.34. The molecule has 2 heterocycles. The van der Waals surface area contributed by atoms with Gasteiger partial charge in [0.2, 0.25) is 0 Å². The molecule has 0 spiro atoms. The molecule has 112 valence electrons. The molecule has 0 saturated carbocycles. The number of fused-ring (bicyclic) bond motifs is 1. The molecule has 3 rings (SSSR count). The van der Waals surface area contributed by atoms with Crippen molar-refractivity contribution in [3.8, 4) is 0 Å². The minimum atomic E-state index is -3.08. The molecular weight excluding hydrogens is 332 g/mol. The largest absolute Gasteiger partial charge is 0.319 e. The number of rotatable bonds is 2. The van der Waals surface area contributed by atoms with Gasteiger partial charge in [-0.15, -0.1) is 0 Å². The van der Waals surface area contributed by atoms with Crippen LogP contribution in [-0.4, -0.2) is 40.0 Å². The number of non-ortho nitro benzene ring substituents is 1. The van der Waals surface area contributed by atoms with Crippen molar-refractivity contribution in [2.24, 2.45) is 0 Å². The van der Waals surface area contributed by atoms with Gasteiger partial charge < -0.3 is 4.90 Å². The number of benzene rings is 1.